The van der Waals surface area contributed by atoms with E-state index in [1.807, 2.05) is 31.2 Å². The average Bonchev–Trinajstić information content (AvgIpc) is 2.82. The molecule has 0 amide bonds. The van der Waals surface area contributed by atoms with Crippen molar-refractivity contribution in [3.05, 3.63) is 24.3 Å². The van der Waals surface area contributed by atoms with Crippen molar-refractivity contribution < 1.29 is 9.47 Å². The van der Waals surface area contributed by atoms with Crippen molar-refractivity contribution in [1.29, 1.82) is 0 Å². The summed E-state index contributed by atoms with van der Waals surface area (Å²) >= 11 is 0. The van der Waals surface area contributed by atoms with E-state index in [1.54, 1.807) is 7.11 Å². The molecule has 1 atom stereocenters. The standard InChI is InChI=1S/C18H29N3O2/c1-14(23-17-12-8-7-11-16(17)22-2)13-20-18(19)21-15-9-5-3-4-6-10-15/h7-8,11-12,14-15H,3-6,9-10,13H2,1-2H3,(H3,19,20,21). The quantitative estimate of drug-likeness (QED) is 0.480. The minimum Gasteiger partial charge on any atom is -0.493 e. The van der Waals surface area contributed by atoms with Crippen molar-refractivity contribution in [2.24, 2.45) is 10.7 Å². The first-order chi connectivity index (χ1) is 11.2. The number of aliphatic imine (C=N–C) groups is 1. The van der Waals surface area contributed by atoms with E-state index in [-0.39, 0.29) is 6.10 Å². The van der Waals surface area contributed by atoms with E-state index in [4.69, 9.17) is 15.2 Å². The van der Waals surface area contributed by atoms with Crippen LogP contribution in [0.3, 0.4) is 0 Å². The number of ether oxygens (including phenoxy) is 2. The molecule has 1 aliphatic carbocycles. The van der Waals surface area contributed by atoms with Crippen molar-refractivity contribution in [3.63, 3.8) is 0 Å². The molecule has 2 rings (SSSR count). The zero-order chi connectivity index (χ0) is 16.5. The fraction of sp³-hybridized carbons (Fsp3) is 0.611. The van der Waals surface area contributed by atoms with Crippen molar-refractivity contribution in [2.75, 3.05) is 13.7 Å². The van der Waals surface area contributed by atoms with E-state index in [0.29, 0.717) is 18.5 Å². The van der Waals surface area contributed by atoms with Crippen molar-refractivity contribution >= 4 is 5.96 Å². The van der Waals surface area contributed by atoms with Gasteiger partial charge in [0.15, 0.2) is 17.5 Å². The lowest BCUT2D eigenvalue weighted by Gasteiger charge is -2.18. The minimum absolute atomic E-state index is 0.0687. The third kappa shape index (κ3) is 6.00. The largest absolute Gasteiger partial charge is 0.493 e. The van der Waals surface area contributed by atoms with E-state index in [1.165, 1.54) is 38.5 Å². The third-order valence-electron chi connectivity index (χ3n) is 4.12. The topological polar surface area (TPSA) is 68.9 Å². The highest BCUT2D eigenvalue weighted by atomic mass is 16.5. The van der Waals surface area contributed by atoms with Gasteiger partial charge >= 0.3 is 0 Å². The van der Waals surface area contributed by atoms with Gasteiger partial charge in [-0.1, -0.05) is 37.8 Å². The van der Waals surface area contributed by atoms with Gasteiger partial charge in [-0.05, 0) is 31.9 Å². The molecule has 0 saturated heterocycles. The monoisotopic (exact) mass is 319 g/mol. The van der Waals surface area contributed by atoms with Crippen LogP contribution >= 0.6 is 0 Å². The lowest BCUT2D eigenvalue weighted by molar-refractivity contribution is 0.219. The molecule has 1 aromatic rings. The number of guanidine groups is 1. The maximum absolute atomic E-state index is 6.01. The van der Waals surface area contributed by atoms with Crippen molar-refractivity contribution in [1.82, 2.24) is 5.32 Å². The Balaban J connectivity index is 1.80. The number of para-hydroxylation sites is 2. The Morgan fingerprint density at radius 3 is 2.52 bits per heavy atom. The number of hydrogen-bond acceptors (Lipinski definition) is 3. The highest BCUT2D eigenvalue weighted by Crippen LogP contribution is 2.26. The van der Waals surface area contributed by atoms with E-state index in [2.05, 4.69) is 10.3 Å². The molecular formula is C18H29N3O2. The van der Waals surface area contributed by atoms with Gasteiger partial charge < -0.3 is 20.5 Å². The van der Waals surface area contributed by atoms with E-state index < -0.39 is 0 Å². The summed E-state index contributed by atoms with van der Waals surface area (Å²) in [5, 5.41) is 3.35. The predicted octanol–water partition coefficient (Wildman–Crippen LogP) is 3.09. The molecule has 1 saturated carbocycles. The molecular weight excluding hydrogens is 290 g/mol. The molecule has 0 aliphatic heterocycles. The Hall–Kier alpha value is -1.91. The van der Waals surface area contributed by atoms with Crippen LogP contribution in [0.15, 0.2) is 29.3 Å². The smallest absolute Gasteiger partial charge is 0.188 e. The second-order valence-electron chi connectivity index (χ2n) is 6.14. The Kier molecular flexibility index (Phi) is 7.04. The lowest BCUT2D eigenvalue weighted by atomic mass is 10.1. The van der Waals surface area contributed by atoms with Gasteiger partial charge in [0.2, 0.25) is 0 Å². The summed E-state index contributed by atoms with van der Waals surface area (Å²) in [6.07, 6.45) is 7.52. The van der Waals surface area contributed by atoms with E-state index in [9.17, 15) is 0 Å². The van der Waals surface area contributed by atoms with Crippen molar-refractivity contribution in [2.45, 2.75) is 57.6 Å². The molecule has 0 spiro atoms. The number of rotatable bonds is 6. The Morgan fingerprint density at radius 1 is 1.22 bits per heavy atom. The average molecular weight is 319 g/mol. The molecule has 0 radical (unpaired) electrons. The van der Waals surface area contributed by atoms with Gasteiger partial charge in [-0.15, -0.1) is 0 Å². The van der Waals surface area contributed by atoms with Crippen LogP contribution in [0, 0.1) is 0 Å². The van der Waals surface area contributed by atoms with Crippen LogP contribution in [0.25, 0.3) is 0 Å². The van der Waals surface area contributed by atoms with Crippen LogP contribution < -0.4 is 20.5 Å². The fourth-order valence-electron chi connectivity index (χ4n) is 2.88. The van der Waals surface area contributed by atoms with Crippen LogP contribution in [0.2, 0.25) is 0 Å². The SMILES string of the molecule is COc1ccccc1OC(C)CN=C(N)NC1CCCCCC1. The van der Waals surface area contributed by atoms with E-state index in [0.717, 1.165) is 11.5 Å². The second-order valence-corrected chi connectivity index (χ2v) is 6.14. The van der Waals surface area contributed by atoms with Crippen LogP contribution in [-0.4, -0.2) is 31.8 Å². The predicted molar refractivity (Wildman–Crippen MR) is 94.2 cm³/mol. The summed E-state index contributed by atoms with van der Waals surface area (Å²) in [7, 11) is 1.64. The number of hydrogen-bond donors (Lipinski definition) is 2. The van der Waals surface area contributed by atoms with Gasteiger partial charge in [0.05, 0.1) is 13.7 Å². The van der Waals surface area contributed by atoms with Crippen LogP contribution in [0.4, 0.5) is 0 Å². The molecule has 128 valence electrons. The third-order valence-corrected chi connectivity index (χ3v) is 4.12. The summed E-state index contributed by atoms with van der Waals surface area (Å²) in [6, 6.07) is 8.09. The van der Waals surface area contributed by atoms with Crippen LogP contribution in [0.5, 0.6) is 11.5 Å². The van der Waals surface area contributed by atoms with Gasteiger partial charge in [0.25, 0.3) is 0 Å². The Morgan fingerprint density at radius 2 is 1.87 bits per heavy atom. The first-order valence-corrected chi connectivity index (χ1v) is 8.55. The summed E-state index contributed by atoms with van der Waals surface area (Å²) in [4.78, 5) is 4.42. The maximum Gasteiger partial charge on any atom is 0.188 e. The molecule has 23 heavy (non-hydrogen) atoms. The Bertz CT molecular complexity index is 497. The second kappa shape index (κ2) is 9.28. The molecule has 5 heteroatoms. The van der Waals surface area contributed by atoms with Crippen LogP contribution in [0.1, 0.15) is 45.4 Å². The number of nitrogens with zero attached hydrogens (tertiary/aromatic N) is 1. The minimum atomic E-state index is -0.0687. The number of nitrogens with one attached hydrogen (secondary N) is 1. The molecule has 0 bridgehead atoms. The molecule has 1 unspecified atom stereocenters. The molecule has 3 N–H and O–H groups in total. The molecule has 5 nitrogen and oxygen atoms in total. The van der Waals surface area contributed by atoms with Crippen LogP contribution in [-0.2, 0) is 0 Å². The lowest BCUT2D eigenvalue weighted by Crippen LogP contribution is -2.40. The first kappa shape index (κ1) is 17.4. The fourth-order valence-corrected chi connectivity index (χ4v) is 2.88. The van der Waals surface area contributed by atoms with Gasteiger partial charge in [0, 0.05) is 6.04 Å². The first-order valence-electron chi connectivity index (χ1n) is 8.55. The molecule has 1 aliphatic rings. The summed E-state index contributed by atoms with van der Waals surface area (Å²) < 4.78 is 11.2. The summed E-state index contributed by atoms with van der Waals surface area (Å²) in [5.41, 5.74) is 6.01. The molecule has 0 aromatic heterocycles. The van der Waals surface area contributed by atoms with Gasteiger partial charge in [-0.25, -0.2) is 4.99 Å². The summed E-state index contributed by atoms with van der Waals surface area (Å²) in [6.45, 7) is 2.50. The highest BCUT2D eigenvalue weighted by molar-refractivity contribution is 5.78. The molecule has 1 fully saturated rings. The number of benzene rings is 1. The van der Waals surface area contributed by atoms with Gasteiger partial charge in [-0.3, -0.25) is 0 Å². The van der Waals surface area contributed by atoms with Gasteiger partial charge in [-0.2, -0.15) is 0 Å². The number of nitrogens with two attached hydrogens (primary N) is 1. The Labute approximate surface area is 139 Å². The van der Waals surface area contributed by atoms with Crippen molar-refractivity contribution in [3.8, 4) is 11.5 Å². The summed E-state index contributed by atoms with van der Waals surface area (Å²) in [5.74, 6) is 1.98. The molecule has 0 heterocycles. The molecule has 1 aromatic carbocycles. The maximum atomic E-state index is 6.01. The normalized spacial score (nSPS) is 18.1. The van der Waals surface area contributed by atoms with E-state index >= 15 is 0 Å². The highest BCUT2D eigenvalue weighted by Gasteiger charge is 2.13. The van der Waals surface area contributed by atoms with Gasteiger partial charge in [0.1, 0.15) is 6.10 Å². The zero-order valence-corrected chi connectivity index (χ0v) is 14.3. The zero-order valence-electron chi connectivity index (χ0n) is 14.3. The number of methoxy groups -OCH3 is 1.